The molecule has 0 unspecified atom stereocenters. The summed E-state index contributed by atoms with van der Waals surface area (Å²) in [4.78, 5) is 0. The highest BCUT2D eigenvalue weighted by molar-refractivity contribution is 5.23. The van der Waals surface area contributed by atoms with Gasteiger partial charge in [-0.1, -0.05) is 96.1 Å². The Morgan fingerprint density at radius 2 is 0.893 bits per heavy atom. The molecule has 0 bridgehead atoms. The quantitative estimate of drug-likeness (QED) is 0.511. The van der Waals surface area contributed by atoms with Gasteiger partial charge in [0.1, 0.15) is 0 Å². The van der Waals surface area contributed by atoms with Gasteiger partial charge >= 0.3 is 21.2 Å². The maximum absolute atomic E-state index is 10.3. The van der Waals surface area contributed by atoms with Crippen LogP contribution in [-0.4, -0.2) is 0 Å². The van der Waals surface area contributed by atoms with Gasteiger partial charge in [0, 0.05) is 0 Å². The largest absolute Gasteiger partial charge is 0.872 e. The van der Waals surface area contributed by atoms with Gasteiger partial charge in [0.25, 0.3) is 0 Å². The molecule has 0 radical (unpaired) electrons. The average Bonchev–Trinajstić information content (AvgIpc) is 2.62. The molecule has 0 saturated carbocycles. The normalized spacial score (nSPS) is 11.5. The molecule has 3 aromatic rings. The molecule has 0 aliphatic carbocycles. The highest BCUT2D eigenvalue weighted by Crippen LogP contribution is 2.21. The van der Waals surface area contributed by atoms with E-state index in [4.69, 9.17) is 0 Å². The van der Waals surface area contributed by atoms with E-state index < -0.39 is 0 Å². The van der Waals surface area contributed by atoms with Gasteiger partial charge in [-0.2, -0.15) is 0 Å². The van der Waals surface area contributed by atoms with Gasteiger partial charge < -0.3 is 5.11 Å². The molecule has 0 N–H and O–H groups in total. The Labute approximate surface area is 181 Å². The van der Waals surface area contributed by atoms with Crippen molar-refractivity contribution in [3.63, 3.8) is 0 Å². The minimum absolute atomic E-state index is 0.0703. The van der Waals surface area contributed by atoms with Gasteiger partial charge in [-0.05, 0) is 46.2 Å². The number of hydrogen-bond acceptors (Lipinski definition) is 1. The second kappa shape index (κ2) is 9.60. The van der Waals surface area contributed by atoms with Crippen molar-refractivity contribution in [3.8, 4) is 5.75 Å². The zero-order valence-corrected chi connectivity index (χ0v) is 19.9. The summed E-state index contributed by atoms with van der Waals surface area (Å²) in [7, 11) is 0. The van der Waals surface area contributed by atoms with Crippen LogP contribution in [-0.2, 0) is 10.8 Å². The molecular weight excluding hydrogens is 455 g/mol. The topological polar surface area (TPSA) is 23.1 Å². The summed E-state index contributed by atoms with van der Waals surface area (Å²) >= 11 is -0.0703. The molecule has 3 aromatic carbocycles. The van der Waals surface area contributed by atoms with Crippen molar-refractivity contribution in [2.75, 3.05) is 0 Å². The van der Waals surface area contributed by atoms with E-state index in [2.05, 4.69) is 90.1 Å². The van der Waals surface area contributed by atoms with Gasteiger partial charge in [0.15, 0.2) is 7.14 Å². The Morgan fingerprint density at radius 3 is 1.14 bits per heavy atom. The number of para-hydroxylation sites is 1. The molecule has 0 fully saturated rings. The minimum Gasteiger partial charge on any atom is -0.872 e. The first-order valence-corrected chi connectivity index (χ1v) is 11.8. The molecule has 0 saturated heterocycles. The van der Waals surface area contributed by atoms with Gasteiger partial charge in [-0.3, -0.25) is 0 Å². The van der Waals surface area contributed by atoms with E-state index in [0.29, 0.717) is 0 Å². The summed E-state index contributed by atoms with van der Waals surface area (Å²) < 4.78 is 2.98. The predicted octanol–water partition coefficient (Wildman–Crippen LogP) is 3.17. The summed E-state index contributed by atoms with van der Waals surface area (Å²) in [5.74, 6) is 0.0718. The number of rotatable bonds is 2. The molecule has 3 rings (SSSR count). The lowest BCUT2D eigenvalue weighted by Crippen LogP contribution is -3.61. The van der Waals surface area contributed by atoms with Crippen LogP contribution in [0.1, 0.15) is 52.7 Å². The number of hydrogen-bond donors (Lipinski definition) is 0. The van der Waals surface area contributed by atoms with Crippen LogP contribution < -0.4 is 26.3 Å². The van der Waals surface area contributed by atoms with Crippen LogP contribution in [0.3, 0.4) is 0 Å². The highest BCUT2D eigenvalue weighted by Gasteiger charge is 2.20. The summed E-state index contributed by atoms with van der Waals surface area (Å²) in [6, 6.07) is 26.7. The van der Waals surface area contributed by atoms with Crippen molar-refractivity contribution >= 4 is 0 Å². The molecule has 0 aromatic heterocycles. The van der Waals surface area contributed by atoms with Crippen molar-refractivity contribution in [3.05, 3.63) is 97.1 Å². The Kier molecular flexibility index (Phi) is 7.70. The average molecular weight is 486 g/mol. The summed E-state index contributed by atoms with van der Waals surface area (Å²) in [5, 5.41) is 10.3. The van der Waals surface area contributed by atoms with Crippen LogP contribution in [0.5, 0.6) is 5.75 Å². The van der Waals surface area contributed by atoms with Crippen molar-refractivity contribution in [2.24, 2.45) is 0 Å². The molecule has 28 heavy (non-hydrogen) atoms. The smallest absolute Gasteiger partial charge is 0.357 e. The fraction of sp³-hybridized carbons (Fsp3) is 0.308. The third-order valence-corrected chi connectivity index (χ3v) is 7.07. The van der Waals surface area contributed by atoms with Crippen molar-refractivity contribution < 1.29 is 26.3 Å². The first kappa shape index (κ1) is 22.5. The van der Waals surface area contributed by atoms with E-state index in [1.807, 2.05) is 6.07 Å². The second-order valence-corrected chi connectivity index (χ2v) is 12.0. The molecule has 1 nitrogen and oxygen atoms in total. The lowest BCUT2D eigenvalue weighted by Gasteiger charge is -2.18. The van der Waals surface area contributed by atoms with Crippen LogP contribution in [0.15, 0.2) is 78.9 Å². The lowest BCUT2D eigenvalue weighted by atomic mass is 9.87. The maximum Gasteiger partial charge on any atom is 0.357 e. The van der Waals surface area contributed by atoms with Crippen molar-refractivity contribution in [2.45, 2.75) is 52.4 Å². The first-order chi connectivity index (χ1) is 13.1. The molecule has 0 amide bonds. The minimum atomic E-state index is -0.0703. The molecule has 0 heterocycles. The second-order valence-electron chi connectivity index (χ2n) is 8.92. The Balaban J connectivity index is 0.000000336. The van der Waals surface area contributed by atoms with Gasteiger partial charge in [-0.15, -0.1) is 5.75 Å². The zero-order valence-electron chi connectivity index (χ0n) is 17.8. The van der Waals surface area contributed by atoms with Gasteiger partial charge in [0.05, 0.1) is 0 Å². The fourth-order valence-corrected chi connectivity index (χ4v) is 4.73. The zero-order chi connectivity index (χ0) is 20.8. The summed E-state index contributed by atoms with van der Waals surface area (Å²) in [5.41, 5.74) is 3.31. The molecule has 0 atom stereocenters. The molecular formula is C26H31IO. The Hall–Kier alpha value is -1.81. The Bertz CT molecular complexity index is 781. The lowest BCUT2D eigenvalue weighted by molar-refractivity contribution is -0.597. The molecule has 2 heteroatoms. The molecule has 0 aliphatic heterocycles. The standard InChI is InChI=1S/C20H26I.C6H6O/c1-19(2,3)15-7-11-17(12-8-15)21-18-13-9-16(10-14-18)20(4,5)6;7-6-4-2-1-3-5-6/h7-14H,1-6H3;1-5,7H/q+1;/p-1. The number of halogens is 1. The SMILES string of the molecule is CC(C)(C)c1ccc([I+]c2ccc(C(C)(C)C)cc2)cc1.[O-]c1ccccc1. The summed E-state index contributed by atoms with van der Waals surface area (Å²) in [6.45, 7) is 13.6. The van der Waals surface area contributed by atoms with Gasteiger partial charge in [-0.25, -0.2) is 0 Å². The monoisotopic (exact) mass is 486 g/mol. The van der Waals surface area contributed by atoms with E-state index >= 15 is 0 Å². The van der Waals surface area contributed by atoms with E-state index in [1.54, 1.807) is 12.1 Å². The molecule has 0 spiro atoms. The van der Waals surface area contributed by atoms with E-state index in [0.717, 1.165) is 0 Å². The maximum atomic E-state index is 10.3. The number of benzene rings is 3. The molecule has 148 valence electrons. The van der Waals surface area contributed by atoms with Crippen molar-refractivity contribution in [1.29, 1.82) is 0 Å². The van der Waals surface area contributed by atoms with Crippen LogP contribution in [0.2, 0.25) is 0 Å². The molecule has 0 aliphatic rings. The van der Waals surface area contributed by atoms with Crippen LogP contribution in [0.4, 0.5) is 0 Å². The van der Waals surface area contributed by atoms with Crippen LogP contribution in [0.25, 0.3) is 0 Å². The fourth-order valence-electron chi connectivity index (χ4n) is 2.57. The third kappa shape index (κ3) is 7.31. The van der Waals surface area contributed by atoms with E-state index in [-0.39, 0.29) is 37.8 Å². The Morgan fingerprint density at radius 1 is 0.536 bits per heavy atom. The van der Waals surface area contributed by atoms with E-state index in [9.17, 15) is 5.11 Å². The van der Waals surface area contributed by atoms with Crippen LogP contribution in [0, 0.1) is 7.14 Å². The summed E-state index contributed by atoms with van der Waals surface area (Å²) in [6.07, 6.45) is 0. The van der Waals surface area contributed by atoms with Crippen LogP contribution >= 0.6 is 0 Å². The van der Waals surface area contributed by atoms with E-state index in [1.165, 1.54) is 30.4 Å². The van der Waals surface area contributed by atoms with Gasteiger partial charge in [0.2, 0.25) is 0 Å². The predicted molar refractivity (Wildman–Crippen MR) is 114 cm³/mol. The third-order valence-electron chi connectivity index (χ3n) is 4.38. The van der Waals surface area contributed by atoms with Crippen molar-refractivity contribution in [1.82, 2.24) is 0 Å². The highest BCUT2D eigenvalue weighted by atomic mass is 127. The first-order valence-electron chi connectivity index (χ1n) is 9.64.